The van der Waals surface area contributed by atoms with E-state index in [4.69, 9.17) is 9.47 Å². The maximum absolute atomic E-state index is 12.6. The van der Waals surface area contributed by atoms with Gasteiger partial charge in [0.25, 0.3) is 5.91 Å². The highest BCUT2D eigenvalue weighted by Crippen LogP contribution is 2.24. The van der Waals surface area contributed by atoms with Gasteiger partial charge in [-0.2, -0.15) is 0 Å². The first-order valence-corrected chi connectivity index (χ1v) is 9.40. The van der Waals surface area contributed by atoms with E-state index < -0.39 is 5.97 Å². The number of esters is 1. The molecule has 0 spiro atoms. The molecule has 3 aromatic carbocycles. The lowest BCUT2D eigenvalue weighted by molar-refractivity contribution is -0.123. The number of amides is 1. The van der Waals surface area contributed by atoms with Crippen LogP contribution in [0.25, 0.3) is 0 Å². The molecule has 0 saturated carbocycles. The molecule has 6 heteroatoms. The average Bonchev–Trinajstić information content (AvgIpc) is 2.81. The molecule has 1 atom stereocenters. The van der Waals surface area contributed by atoms with Gasteiger partial charge in [-0.25, -0.2) is 4.79 Å². The molecule has 0 unspecified atom stereocenters. The first-order chi connectivity index (χ1) is 14.6. The highest BCUT2D eigenvalue weighted by molar-refractivity contribution is 5.89. The minimum absolute atomic E-state index is 0.156. The molecule has 0 fully saturated rings. The number of rotatable bonds is 8. The Balaban J connectivity index is 1.68. The van der Waals surface area contributed by atoms with E-state index in [9.17, 15) is 9.59 Å². The summed E-state index contributed by atoms with van der Waals surface area (Å²) in [6.45, 7) is -0.156. The van der Waals surface area contributed by atoms with Gasteiger partial charge in [-0.05, 0) is 47.5 Å². The monoisotopic (exact) mass is 405 g/mol. The highest BCUT2D eigenvalue weighted by Gasteiger charge is 2.17. The van der Waals surface area contributed by atoms with E-state index in [1.54, 1.807) is 31.4 Å². The Bertz CT molecular complexity index is 969. The van der Waals surface area contributed by atoms with Crippen LogP contribution in [-0.2, 0) is 9.53 Å². The summed E-state index contributed by atoms with van der Waals surface area (Å²) in [5, 5.41) is 3.02. The molecular formula is C24H23NO5. The van der Waals surface area contributed by atoms with Gasteiger partial charge in [-0.1, -0.05) is 42.5 Å². The van der Waals surface area contributed by atoms with Gasteiger partial charge in [0.05, 0.1) is 25.8 Å². The van der Waals surface area contributed by atoms with Crippen molar-refractivity contribution >= 4 is 11.9 Å². The minimum atomic E-state index is -0.426. The van der Waals surface area contributed by atoms with E-state index in [1.165, 1.54) is 7.11 Å². The van der Waals surface area contributed by atoms with Crippen LogP contribution in [0.2, 0.25) is 0 Å². The molecule has 0 aromatic heterocycles. The number of hydrogen-bond donors (Lipinski definition) is 1. The molecule has 30 heavy (non-hydrogen) atoms. The third kappa shape index (κ3) is 5.38. The van der Waals surface area contributed by atoms with Crippen LogP contribution in [0.5, 0.6) is 11.5 Å². The molecule has 0 aliphatic heterocycles. The maximum atomic E-state index is 12.6. The van der Waals surface area contributed by atoms with Crippen LogP contribution in [0.3, 0.4) is 0 Å². The molecule has 3 rings (SSSR count). The molecule has 1 amide bonds. The molecule has 1 N–H and O–H groups in total. The second-order valence-electron chi connectivity index (χ2n) is 6.49. The molecule has 6 nitrogen and oxygen atoms in total. The van der Waals surface area contributed by atoms with Gasteiger partial charge >= 0.3 is 5.97 Å². The summed E-state index contributed by atoms with van der Waals surface area (Å²) in [5.41, 5.74) is 2.30. The number of methoxy groups -OCH3 is 2. The molecule has 0 aliphatic rings. The smallest absolute Gasteiger partial charge is 0.337 e. The molecular weight excluding hydrogens is 382 g/mol. The van der Waals surface area contributed by atoms with Gasteiger partial charge in [0.15, 0.2) is 6.61 Å². The Labute approximate surface area is 175 Å². The van der Waals surface area contributed by atoms with Gasteiger partial charge in [0, 0.05) is 0 Å². The predicted molar refractivity (Wildman–Crippen MR) is 113 cm³/mol. The Kier molecular flexibility index (Phi) is 7.05. The van der Waals surface area contributed by atoms with Crippen LogP contribution in [0, 0.1) is 0 Å². The summed E-state index contributed by atoms with van der Waals surface area (Å²) in [7, 11) is 2.93. The lowest BCUT2D eigenvalue weighted by Crippen LogP contribution is -2.33. The van der Waals surface area contributed by atoms with E-state index in [1.807, 2.05) is 54.6 Å². The van der Waals surface area contributed by atoms with Gasteiger partial charge in [-0.15, -0.1) is 0 Å². The first-order valence-electron chi connectivity index (χ1n) is 9.40. The van der Waals surface area contributed by atoms with Gasteiger partial charge in [-0.3, -0.25) is 4.79 Å². The molecule has 0 aliphatic carbocycles. The van der Waals surface area contributed by atoms with Crippen molar-refractivity contribution < 1.29 is 23.8 Å². The van der Waals surface area contributed by atoms with E-state index >= 15 is 0 Å². The molecule has 0 radical (unpaired) electrons. The fraction of sp³-hybridized carbons (Fsp3) is 0.167. The first kappa shape index (κ1) is 20.9. The largest absolute Gasteiger partial charge is 0.497 e. The van der Waals surface area contributed by atoms with Gasteiger partial charge in [0.1, 0.15) is 11.5 Å². The molecule has 0 saturated heterocycles. The van der Waals surface area contributed by atoms with Crippen LogP contribution in [0.1, 0.15) is 27.5 Å². The molecule has 0 bridgehead atoms. The van der Waals surface area contributed by atoms with Crippen LogP contribution in [0.15, 0.2) is 78.9 Å². The third-order valence-electron chi connectivity index (χ3n) is 4.53. The summed E-state index contributed by atoms with van der Waals surface area (Å²) in [4.78, 5) is 24.1. The van der Waals surface area contributed by atoms with Crippen molar-refractivity contribution in [1.82, 2.24) is 5.32 Å². The Morgan fingerprint density at radius 3 is 2.00 bits per heavy atom. The number of nitrogens with one attached hydrogen (secondary N) is 1. The lowest BCUT2D eigenvalue weighted by atomic mass is 9.98. The predicted octanol–water partition coefficient (Wildman–Crippen LogP) is 3.77. The van der Waals surface area contributed by atoms with Crippen LogP contribution in [0.4, 0.5) is 0 Å². The van der Waals surface area contributed by atoms with Crippen LogP contribution >= 0.6 is 0 Å². The van der Waals surface area contributed by atoms with E-state index in [0.717, 1.165) is 16.9 Å². The van der Waals surface area contributed by atoms with Crippen molar-refractivity contribution in [2.45, 2.75) is 6.04 Å². The quantitative estimate of drug-likeness (QED) is 0.578. The van der Waals surface area contributed by atoms with Crippen molar-refractivity contribution in [3.05, 3.63) is 95.6 Å². The van der Waals surface area contributed by atoms with Crippen molar-refractivity contribution in [3.8, 4) is 11.5 Å². The number of ether oxygens (including phenoxy) is 3. The Hall–Kier alpha value is -3.80. The highest BCUT2D eigenvalue weighted by atomic mass is 16.5. The number of carbonyl (C=O) groups is 2. The summed E-state index contributed by atoms with van der Waals surface area (Å²) < 4.78 is 15.4. The molecule has 3 aromatic rings. The SMILES string of the molecule is COC(=O)c1ccc(OCC(=O)N[C@@H](c2ccccc2)c2ccc(OC)cc2)cc1. The van der Waals surface area contributed by atoms with Gasteiger partial charge < -0.3 is 19.5 Å². The fourth-order valence-electron chi connectivity index (χ4n) is 2.96. The standard InChI is InChI=1S/C24H23NO5/c1-28-20-12-8-18(9-13-20)23(17-6-4-3-5-7-17)25-22(26)16-30-21-14-10-19(11-15-21)24(27)29-2/h3-15,23H,16H2,1-2H3,(H,25,26)/t23-/m0/s1. The fourth-order valence-corrected chi connectivity index (χ4v) is 2.96. The minimum Gasteiger partial charge on any atom is -0.497 e. The zero-order chi connectivity index (χ0) is 21.3. The topological polar surface area (TPSA) is 73.9 Å². The lowest BCUT2D eigenvalue weighted by Gasteiger charge is -2.20. The van der Waals surface area contributed by atoms with E-state index in [2.05, 4.69) is 10.1 Å². The number of hydrogen-bond acceptors (Lipinski definition) is 5. The number of carbonyl (C=O) groups excluding carboxylic acids is 2. The molecule has 0 heterocycles. The van der Waals surface area contributed by atoms with Crippen LogP contribution in [-0.4, -0.2) is 32.7 Å². The zero-order valence-electron chi connectivity index (χ0n) is 16.8. The number of benzene rings is 3. The zero-order valence-corrected chi connectivity index (χ0v) is 16.8. The van der Waals surface area contributed by atoms with Crippen molar-refractivity contribution in [1.29, 1.82) is 0 Å². The van der Waals surface area contributed by atoms with E-state index in [0.29, 0.717) is 11.3 Å². The second kappa shape index (κ2) is 10.1. The maximum Gasteiger partial charge on any atom is 0.337 e. The summed E-state index contributed by atoms with van der Waals surface area (Å²) >= 11 is 0. The van der Waals surface area contributed by atoms with Crippen molar-refractivity contribution in [2.75, 3.05) is 20.8 Å². The molecule has 154 valence electrons. The van der Waals surface area contributed by atoms with Gasteiger partial charge in [0.2, 0.25) is 0 Å². The van der Waals surface area contributed by atoms with E-state index in [-0.39, 0.29) is 18.6 Å². The van der Waals surface area contributed by atoms with Crippen LogP contribution < -0.4 is 14.8 Å². The van der Waals surface area contributed by atoms with Crippen molar-refractivity contribution in [2.24, 2.45) is 0 Å². The third-order valence-corrected chi connectivity index (χ3v) is 4.53. The van der Waals surface area contributed by atoms with Crippen molar-refractivity contribution in [3.63, 3.8) is 0 Å². The average molecular weight is 405 g/mol. The summed E-state index contributed by atoms with van der Waals surface area (Å²) in [6, 6.07) is 23.4. The summed E-state index contributed by atoms with van der Waals surface area (Å²) in [6.07, 6.45) is 0. The summed E-state index contributed by atoms with van der Waals surface area (Å²) in [5.74, 6) is 0.537. The second-order valence-corrected chi connectivity index (χ2v) is 6.49. The Morgan fingerprint density at radius 2 is 1.40 bits per heavy atom. The normalized spacial score (nSPS) is 11.3. The Morgan fingerprint density at radius 1 is 0.800 bits per heavy atom.